The third-order valence-electron chi connectivity index (χ3n) is 9.76. The van der Waals surface area contributed by atoms with E-state index in [0.29, 0.717) is 44.8 Å². The number of anilines is 1. The lowest BCUT2D eigenvalue weighted by Gasteiger charge is -2.38. The molecule has 1 aliphatic heterocycles. The Bertz CT molecular complexity index is 2540. The molecule has 6 aromatic rings. The van der Waals surface area contributed by atoms with Crippen LogP contribution >= 0.6 is 0 Å². The van der Waals surface area contributed by atoms with Gasteiger partial charge < -0.3 is 9.47 Å². The van der Waals surface area contributed by atoms with Crippen molar-refractivity contribution in [1.82, 2.24) is 14.5 Å². The van der Waals surface area contributed by atoms with E-state index in [9.17, 15) is 18.5 Å². The topological polar surface area (TPSA) is 109 Å². The first kappa shape index (κ1) is 35.1. The number of sulfone groups is 1. The molecule has 9 heteroatoms. The van der Waals surface area contributed by atoms with Crippen LogP contribution in [-0.4, -0.2) is 34.1 Å². The van der Waals surface area contributed by atoms with Crippen molar-refractivity contribution in [1.29, 1.82) is 5.26 Å². The van der Waals surface area contributed by atoms with Gasteiger partial charge in [-0.3, -0.25) is 4.79 Å². The Balaban J connectivity index is 1.53. The van der Waals surface area contributed by atoms with Gasteiger partial charge in [-0.05, 0) is 61.7 Å². The maximum atomic E-state index is 14.2. The average Bonchev–Trinajstić information content (AvgIpc) is 3.73. The number of carbonyl (C=O) groups excluding carboxylic acids is 1. The molecule has 0 saturated heterocycles. The van der Waals surface area contributed by atoms with E-state index in [1.54, 1.807) is 67.4 Å². The van der Waals surface area contributed by atoms with Crippen LogP contribution in [0.2, 0.25) is 0 Å². The van der Waals surface area contributed by atoms with Crippen molar-refractivity contribution in [3.8, 4) is 17.3 Å². The fraction of sp³-hybridized carbons (Fsp3) is 0.136. The summed E-state index contributed by atoms with van der Waals surface area (Å²) in [5.41, 5.74) is 5.73. The number of allylic oxidation sites excluding steroid dienone is 5. The second-order valence-electron chi connectivity index (χ2n) is 13.1. The molecule has 0 N–H and O–H groups in total. The summed E-state index contributed by atoms with van der Waals surface area (Å²) >= 11 is 0. The number of aromatic nitrogens is 3. The molecule has 4 aromatic carbocycles. The smallest absolute Gasteiger partial charge is 0.259 e. The summed E-state index contributed by atoms with van der Waals surface area (Å²) < 4.78 is 27.8. The van der Waals surface area contributed by atoms with Gasteiger partial charge in [-0.25, -0.2) is 18.4 Å². The summed E-state index contributed by atoms with van der Waals surface area (Å²) in [6.07, 6.45) is 11.4. The molecule has 2 aromatic heterocycles. The molecule has 1 aliphatic rings. The minimum Gasteiger partial charge on any atom is -0.310 e. The first-order valence-electron chi connectivity index (χ1n) is 17.3. The number of hydrogen-bond acceptors (Lipinski definition) is 6. The van der Waals surface area contributed by atoms with Crippen LogP contribution in [0.5, 0.6) is 0 Å². The molecule has 8 nitrogen and oxygen atoms in total. The number of rotatable bonds is 10. The normalized spacial score (nSPS) is 13.3. The van der Waals surface area contributed by atoms with Crippen molar-refractivity contribution in [3.63, 3.8) is 0 Å². The molecule has 7 rings (SSSR count). The second kappa shape index (κ2) is 14.0. The fourth-order valence-electron chi connectivity index (χ4n) is 7.02. The lowest BCUT2D eigenvalue weighted by Crippen LogP contribution is -2.37. The average molecular weight is 716 g/mol. The van der Waals surface area contributed by atoms with Crippen LogP contribution in [0.3, 0.4) is 0 Å². The molecule has 3 heterocycles. The van der Waals surface area contributed by atoms with Gasteiger partial charge in [-0.15, -0.1) is 0 Å². The summed E-state index contributed by atoms with van der Waals surface area (Å²) in [5.74, 6) is -0.247. The van der Waals surface area contributed by atoms with Crippen LogP contribution in [0.15, 0.2) is 157 Å². The molecule has 53 heavy (non-hydrogen) atoms. The van der Waals surface area contributed by atoms with Crippen molar-refractivity contribution in [2.75, 3.05) is 4.90 Å². The zero-order valence-electron chi connectivity index (χ0n) is 29.6. The van der Waals surface area contributed by atoms with Crippen molar-refractivity contribution >= 4 is 32.6 Å². The second-order valence-corrected chi connectivity index (χ2v) is 15.6. The van der Waals surface area contributed by atoms with Crippen LogP contribution in [0.1, 0.15) is 53.4 Å². The molecule has 0 saturated carbocycles. The van der Waals surface area contributed by atoms with Gasteiger partial charge in [-0.1, -0.05) is 110 Å². The molecule has 1 amide bonds. The highest BCUT2D eigenvalue weighted by molar-refractivity contribution is 7.92. The molecule has 0 fully saturated rings. The molecule has 262 valence electrons. The number of benzene rings is 4. The third-order valence-corrected chi connectivity index (χ3v) is 11.9. The molecular formula is C44H37N5O3S. The Hall–Kier alpha value is -6.37. The fourth-order valence-corrected chi connectivity index (χ4v) is 8.08. The van der Waals surface area contributed by atoms with E-state index in [1.165, 1.54) is 0 Å². The number of nitriles is 1. The number of hydrogen-bond donors (Lipinski definition) is 0. The Morgan fingerprint density at radius 3 is 2.19 bits per heavy atom. The zero-order valence-corrected chi connectivity index (χ0v) is 30.5. The maximum absolute atomic E-state index is 14.2. The highest BCUT2D eigenvalue weighted by atomic mass is 32.2. The monoisotopic (exact) mass is 715 g/mol. The standard InChI is InChI=1S/C44H37N5O3S/c1-5-6-9-15-31(4)44(34-17-10-7-11-18-34,35-19-12-8-13-20-35)49-29-40(48-28-38-33(26-45)16-14-21-37(38)43(48)50)41-42(49)46-27-39(47-41)32-22-24-36(25-23-32)53(51,52)30(2)3/h5-25,27,29-30H,4,28H2,1-3H3/b6-5-,15-9-. The van der Waals surface area contributed by atoms with Crippen molar-refractivity contribution < 1.29 is 13.2 Å². The predicted octanol–water partition coefficient (Wildman–Crippen LogP) is 8.79. The summed E-state index contributed by atoms with van der Waals surface area (Å²) in [7, 11) is -3.47. The Morgan fingerprint density at radius 2 is 1.58 bits per heavy atom. The van der Waals surface area contributed by atoms with Crippen molar-refractivity contribution in [2.45, 2.75) is 43.0 Å². The van der Waals surface area contributed by atoms with Gasteiger partial charge in [0.05, 0.1) is 45.9 Å². The summed E-state index contributed by atoms with van der Waals surface area (Å²) in [5, 5.41) is 9.36. The van der Waals surface area contributed by atoms with E-state index in [0.717, 1.165) is 16.7 Å². The van der Waals surface area contributed by atoms with Crippen molar-refractivity contribution in [2.24, 2.45) is 0 Å². The van der Waals surface area contributed by atoms with Gasteiger partial charge in [0, 0.05) is 22.9 Å². The largest absolute Gasteiger partial charge is 0.310 e. The minimum atomic E-state index is -3.47. The van der Waals surface area contributed by atoms with E-state index < -0.39 is 20.6 Å². The molecule has 0 unspecified atom stereocenters. The lowest BCUT2D eigenvalue weighted by molar-refractivity contribution is 0.0996. The Morgan fingerprint density at radius 1 is 0.925 bits per heavy atom. The van der Waals surface area contributed by atoms with E-state index >= 15 is 0 Å². The van der Waals surface area contributed by atoms with E-state index in [2.05, 4.69) is 36.9 Å². The maximum Gasteiger partial charge on any atom is 0.259 e. The summed E-state index contributed by atoms with van der Waals surface area (Å²) in [6.45, 7) is 10.1. The van der Waals surface area contributed by atoms with Gasteiger partial charge in [0.25, 0.3) is 5.91 Å². The molecular weight excluding hydrogens is 679 g/mol. The summed E-state index contributed by atoms with van der Waals surface area (Å²) in [4.78, 5) is 26.3. The number of nitrogens with zero attached hydrogens (tertiary/aromatic N) is 5. The molecule has 0 radical (unpaired) electrons. The van der Waals surface area contributed by atoms with Crippen LogP contribution in [0.4, 0.5) is 5.69 Å². The third kappa shape index (κ3) is 5.87. The van der Waals surface area contributed by atoms with E-state index in [-0.39, 0.29) is 17.3 Å². The molecule has 0 atom stereocenters. The lowest BCUT2D eigenvalue weighted by atomic mass is 9.76. The molecule has 0 spiro atoms. The number of carbonyl (C=O) groups is 1. The van der Waals surface area contributed by atoms with Gasteiger partial charge >= 0.3 is 0 Å². The quantitative estimate of drug-likeness (QED) is 0.131. The number of amides is 1. The highest BCUT2D eigenvalue weighted by Gasteiger charge is 2.42. The van der Waals surface area contributed by atoms with Gasteiger partial charge in [0.15, 0.2) is 15.5 Å². The molecule has 0 bridgehead atoms. The van der Waals surface area contributed by atoms with Gasteiger partial charge in [0.1, 0.15) is 11.1 Å². The molecule has 0 aliphatic carbocycles. The summed E-state index contributed by atoms with van der Waals surface area (Å²) in [6, 6.07) is 34.1. The van der Waals surface area contributed by atoms with Crippen LogP contribution in [0.25, 0.3) is 22.4 Å². The first-order valence-corrected chi connectivity index (χ1v) is 18.8. The zero-order chi connectivity index (χ0) is 37.3. The predicted molar refractivity (Wildman–Crippen MR) is 209 cm³/mol. The van der Waals surface area contributed by atoms with Gasteiger partial charge in [-0.2, -0.15) is 5.26 Å². The number of fused-ring (bicyclic) bond motifs is 2. The van der Waals surface area contributed by atoms with Crippen LogP contribution in [-0.2, 0) is 21.9 Å². The Labute approximate surface area is 309 Å². The van der Waals surface area contributed by atoms with E-state index in [4.69, 9.17) is 9.97 Å². The van der Waals surface area contributed by atoms with Gasteiger partial charge in [0.2, 0.25) is 0 Å². The van der Waals surface area contributed by atoms with Crippen LogP contribution < -0.4 is 4.90 Å². The minimum absolute atomic E-state index is 0.177. The SMILES string of the molecule is C=C(/C=C\C=C/C)C(c1ccccc1)(c1ccccc1)n1cc(N2Cc3c(C#N)cccc3C2=O)c2nc(-c3ccc(S(=O)(=O)C(C)C)cc3)cnc21. The first-order chi connectivity index (χ1) is 25.6. The highest BCUT2D eigenvalue weighted by Crippen LogP contribution is 2.46. The Kier molecular flexibility index (Phi) is 9.25. The van der Waals surface area contributed by atoms with E-state index in [1.807, 2.05) is 78.4 Å². The van der Waals surface area contributed by atoms with Crippen molar-refractivity contribution in [3.05, 3.63) is 180 Å². The van der Waals surface area contributed by atoms with Crippen LogP contribution in [0, 0.1) is 11.3 Å².